The summed E-state index contributed by atoms with van der Waals surface area (Å²) in [6.45, 7) is 0.349. The molecule has 2 heterocycles. The number of aromatic amines is 1. The predicted octanol–water partition coefficient (Wildman–Crippen LogP) is 2.67. The van der Waals surface area contributed by atoms with E-state index in [9.17, 15) is 14.4 Å². The standard InChI is InChI=1S/C16H13Cl2N3O3/c17-9-1-2-11(18)13(7-9)21-6-4-10(16(21)24)15(23)20-12-8-19-5-3-14(12)22/h1-3,5,7-8,10H,4,6H2,(H,19,22)(H,20,23)/t10-/m1/s1. The largest absolute Gasteiger partial charge is 0.366 e. The number of benzene rings is 1. The van der Waals surface area contributed by atoms with Crippen molar-refractivity contribution in [1.82, 2.24) is 4.98 Å². The molecule has 0 saturated carbocycles. The Morgan fingerprint density at radius 3 is 2.79 bits per heavy atom. The normalized spacial score (nSPS) is 17.2. The van der Waals surface area contributed by atoms with Gasteiger partial charge in [-0.05, 0) is 24.6 Å². The van der Waals surface area contributed by atoms with E-state index in [0.717, 1.165) is 0 Å². The van der Waals surface area contributed by atoms with Gasteiger partial charge in [0.2, 0.25) is 17.2 Å². The second-order valence-corrected chi connectivity index (χ2v) is 6.18. The van der Waals surface area contributed by atoms with E-state index >= 15 is 0 Å². The van der Waals surface area contributed by atoms with Gasteiger partial charge in [0, 0.05) is 30.0 Å². The molecule has 1 fully saturated rings. The Balaban J connectivity index is 1.79. The molecular weight excluding hydrogens is 353 g/mol. The molecule has 1 aromatic heterocycles. The summed E-state index contributed by atoms with van der Waals surface area (Å²) in [5.74, 6) is -1.76. The Hall–Kier alpha value is -2.31. The molecule has 1 atom stereocenters. The maximum Gasteiger partial charge on any atom is 0.239 e. The number of rotatable bonds is 3. The van der Waals surface area contributed by atoms with Crippen LogP contribution in [0.4, 0.5) is 11.4 Å². The molecule has 24 heavy (non-hydrogen) atoms. The van der Waals surface area contributed by atoms with Gasteiger partial charge in [-0.15, -0.1) is 0 Å². The van der Waals surface area contributed by atoms with Crippen molar-refractivity contribution in [2.24, 2.45) is 5.92 Å². The SMILES string of the molecule is O=C(Nc1c[nH]ccc1=O)[C@H]1CCN(c2cc(Cl)ccc2Cl)C1=O. The summed E-state index contributed by atoms with van der Waals surface area (Å²) in [6, 6.07) is 6.11. The van der Waals surface area contributed by atoms with Crippen LogP contribution >= 0.6 is 23.2 Å². The molecule has 3 rings (SSSR count). The van der Waals surface area contributed by atoms with Crippen LogP contribution in [0.25, 0.3) is 0 Å². The number of amides is 2. The van der Waals surface area contributed by atoms with Crippen LogP contribution in [0.2, 0.25) is 10.0 Å². The molecule has 0 radical (unpaired) electrons. The van der Waals surface area contributed by atoms with Gasteiger partial charge in [0.1, 0.15) is 11.6 Å². The molecule has 0 unspecified atom stereocenters. The molecule has 0 bridgehead atoms. The van der Waals surface area contributed by atoms with Gasteiger partial charge >= 0.3 is 0 Å². The molecule has 1 aromatic carbocycles. The van der Waals surface area contributed by atoms with E-state index in [0.29, 0.717) is 28.7 Å². The van der Waals surface area contributed by atoms with Crippen LogP contribution in [0.5, 0.6) is 0 Å². The molecule has 1 aliphatic rings. The number of nitrogens with one attached hydrogen (secondary N) is 2. The van der Waals surface area contributed by atoms with E-state index in [1.807, 2.05) is 0 Å². The zero-order chi connectivity index (χ0) is 17.3. The number of halogens is 2. The smallest absolute Gasteiger partial charge is 0.239 e. The molecule has 124 valence electrons. The van der Waals surface area contributed by atoms with E-state index in [1.165, 1.54) is 23.4 Å². The molecule has 8 heteroatoms. The van der Waals surface area contributed by atoms with Gasteiger partial charge in [0.15, 0.2) is 0 Å². The van der Waals surface area contributed by atoms with Gasteiger partial charge < -0.3 is 15.2 Å². The van der Waals surface area contributed by atoms with E-state index in [2.05, 4.69) is 10.3 Å². The van der Waals surface area contributed by atoms with Crippen LogP contribution in [0, 0.1) is 5.92 Å². The fourth-order valence-corrected chi connectivity index (χ4v) is 2.97. The summed E-state index contributed by atoms with van der Waals surface area (Å²) in [5, 5.41) is 3.32. The molecule has 1 saturated heterocycles. The Labute approximate surface area is 147 Å². The van der Waals surface area contributed by atoms with Crippen molar-refractivity contribution in [2.75, 3.05) is 16.8 Å². The Bertz CT molecular complexity index is 866. The molecule has 2 aromatic rings. The number of anilines is 2. The average Bonchev–Trinajstić information content (AvgIpc) is 2.93. The predicted molar refractivity (Wildman–Crippen MR) is 92.6 cm³/mol. The fourth-order valence-electron chi connectivity index (χ4n) is 2.59. The summed E-state index contributed by atoms with van der Waals surface area (Å²) in [4.78, 5) is 40.7. The van der Waals surface area contributed by atoms with E-state index in [-0.39, 0.29) is 17.0 Å². The highest BCUT2D eigenvalue weighted by Crippen LogP contribution is 2.33. The first-order valence-corrected chi connectivity index (χ1v) is 7.97. The number of nitrogens with zero attached hydrogens (tertiary/aromatic N) is 1. The fraction of sp³-hybridized carbons (Fsp3) is 0.188. The third kappa shape index (κ3) is 3.16. The highest BCUT2D eigenvalue weighted by molar-refractivity contribution is 6.36. The number of hydrogen-bond donors (Lipinski definition) is 2. The van der Waals surface area contributed by atoms with Crippen LogP contribution in [-0.2, 0) is 9.59 Å². The van der Waals surface area contributed by atoms with Crippen molar-refractivity contribution in [3.8, 4) is 0 Å². The van der Waals surface area contributed by atoms with Crippen LogP contribution in [-0.4, -0.2) is 23.3 Å². The Morgan fingerprint density at radius 2 is 2.04 bits per heavy atom. The van der Waals surface area contributed by atoms with Crippen LogP contribution in [0.15, 0.2) is 41.5 Å². The topological polar surface area (TPSA) is 82.3 Å². The van der Waals surface area contributed by atoms with Crippen molar-refractivity contribution >= 4 is 46.4 Å². The number of aromatic nitrogens is 1. The van der Waals surface area contributed by atoms with Gasteiger partial charge in [-0.25, -0.2) is 0 Å². The van der Waals surface area contributed by atoms with E-state index in [4.69, 9.17) is 23.2 Å². The minimum absolute atomic E-state index is 0.106. The van der Waals surface area contributed by atoms with Crippen LogP contribution in [0.1, 0.15) is 6.42 Å². The zero-order valence-electron chi connectivity index (χ0n) is 12.4. The average molecular weight is 366 g/mol. The van der Waals surface area contributed by atoms with E-state index < -0.39 is 11.8 Å². The highest BCUT2D eigenvalue weighted by Gasteiger charge is 2.38. The lowest BCUT2D eigenvalue weighted by Gasteiger charge is -2.18. The Kier molecular flexibility index (Phi) is 4.59. The van der Waals surface area contributed by atoms with Crippen molar-refractivity contribution in [2.45, 2.75) is 6.42 Å². The second kappa shape index (κ2) is 6.67. The number of carbonyl (C=O) groups excluding carboxylic acids is 2. The number of carbonyl (C=O) groups is 2. The molecule has 1 aliphatic heterocycles. The first-order chi connectivity index (χ1) is 11.5. The van der Waals surface area contributed by atoms with Crippen LogP contribution in [0.3, 0.4) is 0 Å². The lowest BCUT2D eigenvalue weighted by molar-refractivity contribution is -0.129. The Morgan fingerprint density at radius 1 is 1.25 bits per heavy atom. The molecule has 6 nitrogen and oxygen atoms in total. The molecule has 0 aliphatic carbocycles. The highest BCUT2D eigenvalue weighted by atomic mass is 35.5. The van der Waals surface area contributed by atoms with Crippen molar-refractivity contribution < 1.29 is 9.59 Å². The summed E-state index contributed by atoms with van der Waals surface area (Å²) >= 11 is 12.1. The molecular formula is C16H13Cl2N3O3. The van der Waals surface area contributed by atoms with Gasteiger partial charge in [-0.2, -0.15) is 0 Å². The summed E-state index contributed by atoms with van der Waals surface area (Å²) in [7, 11) is 0. The first-order valence-electron chi connectivity index (χ1n) is 7.22. The van der Waals surface area contributed by atoms with Crippen molar-refractivity contribution in [3.63, 3.8) is 0 Å². The lowest BCUT2D eigenvalue weighted by atomic mass is 10.1. The van der Waals surface area contributed by atoms with Gasteiger partial charge in [-0.3, -0.25) is 14.4 Å². The van der Waals surface area contributed by atoms with Gasteiger partial charge in [0.05, 0.1) is 10.7 Å². The third-order valence-electron chi connectivity index (χ3n) is 3.80. The minimum atomic E-state index is -0.875. The maximum absolute atomic E-state index is 12.6. The summed E-state index contributed by atoms with van der Waals surface area (Å²) in [5.41, 5.74) is 0.249. The minimum Gasteiger partial charge on any atom is -0.366 e. The van der Waals surface area contributed by atoms with Crippen molar-refractivity contribution in [1.29, 1.82) is 0 Å². The quantitative estimate of drug-likeness (QED) is 0.820. The number of H-pyrrole nitrogens is 1. The molecule has 2 N–H and O–H groups in total. The number of hydrogen-bond acceptors (Lipinski definition) is 3. The first kappa shape index (κ1) is 16.5. The zero-order valence-corrected chi connectivity index (χ0v) is 13.9. The monoisotopic (exact) mass is 365 g/mol. The second-order valence-electron chi connectivity index (χ2n) is 5.34. The van der Waals surface area contributed by atoms with Gasteiger partial charge in [0.25, 0.3) is 0 Å². The summed E-state index contributed by atoms with van der Waals surface area (Å²) < 4.78 is 0. The third-order valence-corrected chi connectivity index (χ3v) is 4.36. The van der Waals surface area contributed by atoms with Crippen LogP contribution < -0.4 is 15.6 Å². The van der Waals surface area contributed by atoms with E-state index in [1.54, 1.807) is 18.2 Å². The van der Waals surface area contributed by atoms with Crippen molar-refractivity contribution in [3.05, 3.63) is 56.9 Å². The summed E-state index contributed by atoms with van der Waals surface area (Å²) in [6.07, 6.45) is 3.17. The maximum atomic E-state index is 12.6. The number of pyridine rings is 1. The van der Waals surface area contributed by atoms with Gasteiger partial charge in [-0.1, -0.05) is 23.2 Å². The molecule has 2 amide bonds. The lowest BCUT2D eigenvalue weighted by Crippen LogP contribution is -2.34. The molecule has 0 spiro atoms.